The second-order valence-electron chi connectivity index (χ2n) is 12.0. The van der Waals surface area contributed by atoms with Crippen LogP contribution in [0.4, 0.5) is 20.0 Å². The number of hydrogen-bond donors (Lipinski definition) is 2. The van der Waals surface area contributed by atoms with Crippen LogP contribution in [0.25, 0.3) is 0 Å². The molecule has 13 heteroatoms. The number of thiazole rings is 1. The van der Waals surface area contributed by atoms with Crippen molar-refractivity contribution in [2.45, 2.75) is 64.8 Å². The predicted molar refractivity (Wildman–Crippen MR) is 165 cm³/mol. The molecule has 236 valence electrons. The number of alkyl halides is 1. The number of nitrogens with one attached hydrogen (secondary N) is 2. The van der Waals surface area contributed by atoms with Crippen LogP contribution in [0.2, 0.25) is 0 Å². The molecule has 0 aliphatic carbocycles. The molecule has 3 amide bonds. The molecule has 2 fully saturated rings. The SMILES string of the molecule is CO[C@H]1CCN(c2nc(C(=O)Nc3ccc(CN4CCN(C(=O)OC(C)(C)C)C[C@@H]4C)cc3C(=O)NCCCF)cs2)C1. The first kappa shape index (κ1) is 32.6. The van der Waals surface area contributed by atoms with Crippen LogP contribution in [0, 0.1) is 0 Å². The minimum Gasteiger partial charge on any atom is -0.444 e. The number of carbonyl (C=O) groups excluding carboxylic acids is 3. The van der Waals surface area contributed by atoms with Crippen molar-refractivity contribution in [3.8, 4) is 0 Å². The zero-order chi connectivity index (χ0) is 31.1. The first-order valence-electron chi connectivity index (χ1n) is 14.7. The van der Waals surface area contributed by atoms with Gasteiger partial charge in [0.2, 0.25) is 0 Å². The fourth-order valence-electron chi connectivity index (χ4n) is 5.10. The lowest BCUT2D eigenvalue weighted by atomic mass is 10.1. The summed E-state index contributed by atoms with van der Waals surface area (Å²) < 4.78 is 23.7. The largest absolute Gasteiger partial charge is 0.444 e. The summed E-state index contributed by atoms with van der Waals surface area (Å²) in [5, 5.41) is 8.06. The molecule has 0 saturated carbocycles. The molecule has 2 saturated heterocycles. The van der Waals surface area contributed by atoms with E-state index in [1.165, 1.54) is 11.3 Å². The average Bonchev–Trinajstić information content (AvgIpc) is 3.64. The van der Waals surface area contributed by atoms with E-state index in [9.17, 15) is 18.8 Å². The lowest BCUT2D eigenvalue weighted by Gasteiger charge is -2.40. The van der Waals surface area contributed by atoms with E-state index in [0.717, 1.165) is 30.2 Å². The Bertz CT molecular complexity index is 1280. The van der Waals surface area contributed by atoms with E-state index < -0.39 is 24.1 Å². The number of aromatic nitrogens is 1. The number of rotatable bonds is 10. The number of anilines is 2. The number of nitrogens with zero attached hydrogens (tertiary/aromatic N) is 4. The highest BCUT2D eigenvalue weighted by atomic mass is 32.1. The molecule has 2 atom stereocenters. The van der Waals surface area contributed by atoms with Gasteiger partial charge in [0.05, 0.1) is 24.0 Å². The smallest absolute Gasteiger partial charge is 0.410 e. The van der Waals surface area contributed by atoms with E-state index in [0.29, 0.717) is 37.4 Å². The number of piperazine rings is 1. The van der Waals surface area contributed by atoms with Crippen molar-refractivity contribution < 1.29 is 28.2 Å². The van der Waals surface area contributed by atoms with E-state index in [2.05, 4.69) is 32.3 Å². The minimum absolute atomic E-state index is 0.0658. The molecule has 0 bridgehead atoms. The van der Waals surface area contributed by atoms with Crippen LogP contribution in [0.15, 0.2) is 23.6 Å². The molecular formula is C30H43FN6O5S. The summed E-state index contributed by atoms with van der Waals surface area (Å²) in [6, 6.07) is 5.42. The van der Waals surface area contributed by atoms with Gasteiger partial charge in [-0.3, -0.25) is 18.9 Å². The summed E-state index contributed by atoms with van der Waals surface area (Å²) in [7, 11) is 1.69. The normalized spacial score (nSPS) is 19.4. The van der Waals surface area contributed by atoms with Crippen molar-refractivity contribution in [1.29, 1.82) is 0 Å². The Hall–Kier alpha value is -3.29. The van der Waals surface area contributed by atoms with Crippen LogP contribution >= 0.6 is 11.3 Å². The number of methoxy groups -OCH3 is 1. The fraction of sp³-hybridized carbons (Fsp3) is 0.600. The van der Waals surface area contributed by atoms with E-state index >= 15 is 0 Å². The molecule has 11 nitrogen and oxygen atoms in total. The van der Waals surface area contributed by atoms with E-state index in [1.54, 1.807) is 29.5 Å². The highest BCUT2D eigenvalue weighted by molar-refractivity contribution is 7.14. The Morgan fingerprint density at radius 3 is 2.60 bits per heavy atom. The zero-order valence-corrected chi connectivity index (χ0v) is 26.5. The molecule has 0 radical (unpaired) electrons. The maximum atomic E-state index is 13.2. The van der Waals surface area contributed by atoms with Gasteiger partial charge in [-0.05, 0) is 58.2 Å². The molecule has 2 aromatic rings. The van der Waals surface area contributed by atoms with E-state index in [-0.39, 0.29) is 36.9 Å². The maximum absolute atomic E-state index is 13.2. The van der Waals surface area contributed by atoms with Crippen molar-refractivity contribution >= 4 is 40.1 Å². The Kier molecular flexibility index (Phi) is 11.0. The molecule has 0 spiro atoms. The summed E-state index contributed by atoms with van der Waals surface area (Å²) in [5.41, 5.74) is 1.24. The number of ether oxygens (including phenoxy) is 2. The topological polar surface area (TPSA) is 116 Å². The third-order valence-corrected chi connectivity index (χ3v) is 8.35. The van der Waals surface area contributed by atoms with E-state index in [1.807, 2.05) is 26.8 Å². The van der Waals surface area contributed by atoms with Crippen molar-refractivity contribution in [2.75, 3.05) is 63.3 Å². The highest BCUT2D eigenvalue weighted by Crippen LogP contribution is 2.27. The molecule has 0 unspecified atom stereocenters. The van der Waals surface area contributed by atoms with Gasteiger partial charge in [0.15, 0.2) is 5.13 Å². The van der Waals surface area contributed by atoms with Gasteiger partial charge in [-0.1, -0.05) is 6.07 Å². The lowest BCUT2D eigenvalue weighted by Crippen LogP contribution is -2.54. The van der Waals surface area contributed by atoms with Gasteiger partial charge in [0, 0.05) is 64.3 Å². The molecule has 4 rings (SSSR count). The summed E-state index contributed by atoms with van der Waals surface area (Å²) in [6.07, 6.45) is 0.936. The van der Waals surface area contributed by atoms with Crippen LogP contribution in [-0.4, -0.2) is 103 Å². The van der Waals surface area contributed by atoms with Gasteiger partial charge in [-0.25, -0.2) is 9.78 Å². The molecule has 2 aliphatic rings. The van der Waals surface area contributed by atoms with Crippen molar-refractivity contribution in [2.24, 2.45) is 0 Å². The fourth-order valence-corrected chi connectivity index (χ4v) is 5.94. The van der Waals surface area contributed by atoms with Crippen LogP contribution < -0.4 is 15.5 Å². The van der Waals surface area contributed by atoms with Gasteiger partial charge in [0.25, 0.3) is 11.8 Å². The third kappa shape index (κ3) is 8.87. The predicted octanol–water partition coefficient (Wildman–Crippen LogP) is 4.15. The Balaban J connectivity index is 1.45. The van der Waals surface area contributed by atoms with Crippen LogP contribution in [0.1, 0.15) is 66.9 Å². The highest BCUT2D eigenvalue weighted by Gasteiger charge is 2.30. The first-order valence-corrected chi connectivity index (χ1v) is 15.6. The molecule has 2 N–H and O–H groups in total. The summed E-state index contributed by atoms with van der Waals surface area (Å²) in [5.74, 6) is -0.808. The van der Waals surface area contributed by atoms with Crippen molar-refractivity contribution in [3.63, 3.8) is 0 Å². The van der Waals surface area contributed by atoms with Gasteiger partial charge >= 0.3 is 6.09 Å². The molecule has 2 aliphatic heterocycles. The monoisotopic (exact) mass is 618 g/mol. The Morgan fingerprint density at radius 1 is 1.14 bits per heavy atom. The number of amides is 3. The second-order valence-corrected chi connectivity index (χ2v) is 12.8. The number of hydrogen-bond acceptors (Lipinski definition) is 9. The second kappa shape index (κ2) is 14.5. The molecule has 1 aromatic carbocycles. The quantitative estimate of drug-likeness (QED) is 0.382. The van der Waals surface area contributed by atoms with E-state index in [4.69, 9.17) is 9.47 Å². The molecule has 43 heavy (non-hydrogen) atoms. The van der Waals surface area contributed by atoms with Crippen LogP contribution in [0.5, 0.6) is 0 Å². The van der Waals surface area contributed by atoms with Gasteiger partial charge < -0.3 is 29.9 Å². The third-order valence-electron chi connectivity index (χ3n) is 7.45. The number of carbonyl (C=O) groups is 3. The minimum atomic E-state index is -0.556. The van der Waals surface area contributed by atoms with Crippen LogP contribution in [0.3, 0.4) is 0 Å². The lowest BCUT2D eigenvalue weighted by molar-refractivity contribution is 0.00458. The average molecular weight is 619 g/mol. The standard InChI is InChI=1S/C30H43FN6O5S/c1-20-16-37(29(40)42-30(2,3)4)14-13-35(20)17-21-7-8-24(23(15-21)26(38)32-11-6-10-31)33-27(39)25-19-43-28(34-25)36-12-9-22(18-36)41-5/h7-8,15,19-20,22H,6,9-14,16-18H2,1-5H3,(H,32,38)(H,33,39)/t20-,22-/m0/s1. The van der Waals surface area contributed by atoms with Gasteiger partial charge in [-0.15, -0.1) is 11.3 Å². The van der Waals surface area contributed by atoms with Crippen LogP contribution in [-0.2, 0) is 16.0 Å². The molecule has 1 aromatic heterocycles. The summed E-state index contributed by atoms with van der Waals surface area (Å²) >= 11 is 1.39. The molecular weight excluding hydrogens is 575 g/mol. The number of halogens is 1. The number of benzene rings is 1. The summed E-state index contributed by atoms with van der Waals surface area (Å²) in [4.78, 5) is 49.4. The summed E-state index contributed by atoms with van der Waals surface area (Å²) in [6.45, 7) is 11.0. The Morgan fingerprint density at radius 2 is 1.93 bits per heavy atom. The Labute approximate surface area is 256 Å². The first-order chi connectivity index (χ1) is 20.5. The van der Waals surface area contributed by atoms with Crippen molar-refractivity contribution in [3.05, 3.63) is 40.4 Å². The molecule has 3 heterocycles. The van der Waals surface area contributed by atoms with Gasteiger partial charge in [0.1, 0.15) is 11.3 Å². The van der Waals surface area contributed by atoms with Crippen molar-refractivity contribution in [1.82, 2.24) is 20.1 Å². The maximum Gasteiger partial charge on any atom is 0.410 e. The zero-order valence-electron chi connectivity index (χ0n) is 25.7. The van der Waals surface area contributed by atoms with Gasteiger partial charge in [-0.2, -0.15) is 0 Å².